The molecule has 0 radical (unpaired) electrons. The zero-order chi connectivity index (χ0) is 30.9. The first kappa shape index (κ1) is 40.4. The molecule has 0 spiro atoms. The minimum absolute atomic E-state index is 0.0658. The second-order valence-electron chi connectivity index (χ2n) is 12.2. The molecule has 0 N–H and O–H groups in total. The lowest BCUT2D eigenvalue weighted by Gasteiger charge is -2.18. The van der Waals surface area contributed by atoms with Crippen molar-refractivity contribution in [1.29, 1.82) is 0 Å². The lowest BCUT2D eigenvalue weighted by atomic mass is 10.0. The first-order chi connectivity index (χ1) is 20.5. The number of unbranched alkanes of at least 4 members (excludes halogenated alkanes) is 21. The predicted octanol–water partition coefficient (Wildman–Crippen LogP) is 10.6. The van der Waals surface area contributed by atoms with Crippen LogP contribution in [0, 0.1) is 0 Å². The van der Waals surface area contributed by atoms with E-state index in [4.69, 9.17) is 14.2 Å². The van der Waals surface area contributed by atoms with Crippen LogP contribution in [0.5, 0.6) is 0 Å². The fourth-order valence-corrected chi connectivity index (χ4v) is 5.09. The molecule has 0 saturated carbocycles. The van der Waals surface area contributed by atoms with Crippen molar-refractivity contribution < 1.29 is 28.6 Å². The van der Waals surface area contributed by atoms with Gasteiger partial charge in [-0.15, -0.1) is 0 Å². The van der Waals surface area contributed by atoms with Crippen LogP contribution in [0.3, 0.4) is 0 Å². The van der Waals surface area contributed by atoms with Gasteiger partial charge >= 0.3 is 17.9 Å². The number of carbonyl (C=O) groups is 3. The molecule has 0 aliphatic heterocycles. The van der Waals surface area contributed by atoms with Gasteiger partial charge in [-0.1, -0.05) is 156 Å². The summed E-state index contributed by atoms with van der Waals surface area (Å²) in [5, 5.41) is 0. The second kappa shape index (κ2) is 32.3. The van der Waals surface area contributed by atoms with Gasteiger partial charge in [0.25, 0.3) is 0 Å². The van der Waals surface area contributed by atoms with Crippen molar-refractivity contribution in [2.75, 3.05) is 13.2 Å². The van der Waals surface area contributed by atoms with Crippen molar-refractivity contribution in [3.05, 3.63) is 0 Å². The van der Waals surface area contributed by atoms with Crippen molar-refractivity contribution in [3.63, 3.8) is 0 Å². The molecule has 6 nitrogen and oxygen atoms in total. The van der Waals surface area contributed by atoms with Crippen LogP contribution in [0.2, 0.25) is 0 Å². The van der Waals surface area contributed by atoms with E-state index in [0.717, 1.165) is 57.8 Å². The Kier molecular flexibility index (Phi) is 31.1. The van der Waals surface area contributed by atoms with E-state index in [1.807, 2.05) is 0 Å². The highest BCUT2D eigenvalue weighted by molar-refractivity contribution is 5.71. The molecule has 248 valence electrons. The van der Waals surface area contributed by atoms with Crippen molar-refractivity contribution >= 4 is 17.9 Å². The lowest BCUT2D eigenvalue weighted by molar-refractivity contribution is -0.167. The zero-order valence-electron chi connectivity index (χ0n) is 28.0. The summed E-state index contributed by atoms with van der Waals surface area (Å²) < 4.78 is 16.4. The molecule has 1 atom stereocenters. The highest BCUT2D eigenvalue weighted by Crippen LogP contribution is 2.14. The molecule has 6 heteroatoms. The van der Waals surface area contributed by atoms with Gasteiger partial charge in [0.05, 0.1) is 0 Å². The summed E-state index contributed by atoms with van der Waals surface area (Å²) >= 11 is 0. The maximum absolute atomic E-state index is 12.4. The van der Waals surface area contributed by atoms with Gasteiger partial charge in [-0.05, 0) is 19.3 Å². The zero-order valence-corrected chi connectivity index (χ0v) is 28.0. The smallest absolute Gasteiger partial charge is 0.306 e. The third kappa shape index (κ3) is 29.9. The highest BCUT2D eigenvalue weighted by Gasteiger charge is 2.19. The number of hydrogen-bond donors (Lipinski definition) is 0. The van der Waals surface area contributed by atoms with Crippen molar-refractivity contribution in [1.82, 2.24) is 0 Å². The third-order valence-electron chi connectivity index (χ3n) is 7.86. The molecule has 0 aromatic rings. The molecule has 0 aromatic carbocycles. The van der Waals surface area contributed by atoms with Crippen LogP contribution in [-0.2, 0) is 28.6 Å². The number of ether oxygens (including phenoxy) is 3. The summed E-state index contributed by atoms with van der Waals surface area (Å²) in [6.07, 6.45) is 28.3. The van der Waals surface area contributed by atoms with Gasteiger partial charge in [-0.2, -0.15) is 0 Å². The van der Waals surface area contributed by atoms with Crippen LogP contribution < -0.4 is 0 Å². The standard InChI is InChI=1S/C36H68O6/c1-4-7-10-13-16-17-18-19-20-21-24-26-29-35(38)41-32-33(42-36(39)30-27-23-15-12-9-6-3)31-40-34(37)28-25-22-14-11-8-5-2/h33H,4-32H2,1-3H3. The minimum atomic E-state index is -0.753. The van der Waals surface area contributed by atoms with Crippen molar-refractivity contribution in [2.24, 2.45) is 0 Å². The molecule has 0 heterocycles. The van der Waals surface area contributed by atoms with Gasteiger partial charge in [0.2, 0.25) is 0 Å². The molecule has 42 heavy (non-hydrogen) atoms. The van der Waals surface area contributed by atoms with E-state index in [1.165, 1.54) is 96.3 Å². The summed E-state index contributed by atoms with van der Waals surface area (Å²) in [7, 11) is 0. The Morgan fingerprint density at radius 1 is 0.381 bits per heavy atom. The van der Waals surface area contributed by atoms with E-state index in [-0.39, 0.29) is 31.1 Å². The molecule has 0 aliphatic rings. The quantitative estimate of drug-likeness (QED) is 0.0436. The molecule has 1 unspecified atom stereocenters. The first-order valence-electron chi connectivity index (χ1n) is 18.0. The van der Waals surface area contributed by atoms with Crippen LogP contribution in [0.4, 0.5) is 0 Å². The van der Waals surface area contributed by atoms with E-state index < -0.39 is 6.10 Å². The Bertz CT molecular complexity index is 620. The van der Waals surface area contributed by atoms with Gasteiger partial charge in [-0.25, -0.2) is 0 Å². The SMILES string of the molecule is CCCCCCCCCCCCCCC(=O)OCC(COC(=O)CCCCCCCC)OC(=O)CCCCCCCC. The van der Waals surface area contributed by atoms with Crippen LogP contribution in [-0.4, -0.2) is 37.2 Å². The molecule has 0 aliphatic carbocycles. The minimum Gasteiger partial charge on any atom is -0.462 e. The summed E-state index contributed by atoms with van der Waals surface area (Å²) in [4.78, 5) is 37.0. The van der Waals surface area contributed by atoms with Gasteiger partial charge in [0.1, 0.15) is 13.2 Å². The average molecular weight is 597 g/mol. The fourth-order valence-electron chi connectivity index (χ4n) is 5.09. The number of rotatable bonds is 32. The van der Waals surface area contributed by atoms with E-state index in [1.54, 1.807) is 0 Å². The van der Waals surface area contributed by atoms with Crippen LogP contribution in [0.1, 0.15) is 194 Å². The first-order valence-corrected chi connectivity index (χ1v) is 18.0. The van der Waals surface area contributed by atoms with E-state index >= 15 is 0 Å². The maximum Gasteiger partial charge on any atom is 0.306 e. The van der Waals surface area contributed by atoms with E-state index in [0.29, 0.717) is 19.3 Å². The molecule has 0 rings (SSSR count). The molecular formula is C36H68O6. The monoisotopic (exact) mass is 597 g/mol. The molecule has 0 amide bonds. The summed E-state index contributed by atoms with van der Waals surface area (Å²) in [5.74, 6) is -0.887. The van der Waals surface area contributed by atoms with Crippen molar-refractivity contribution in [3.8, 4) is 0 Å². The van der Waals surface area contributed by atoms with Gasteiger partial charge in [0, 0.05) is 19.3 Å². The number of hydrogen-bond acceptors (Lipinski definition) is 6. The van der Waals surface area contributed by atoms with Gasteiger partial charge in [-0.3, -0.25) is 14.4 Å². The Hall–Kier alpha value is -1.59. The van der Waals surface area contributed by atoms with Crippen molar-refractivity contribution in [2.45, 2.75) is 200 Å². The Morgan fingerprint density at radius 2 is 0.643 bits per heavy atom. The number of carbonyl (C=O) groups excluding carboxylic acids is 3. The number of esters is 3. The van der Waals surface area contributed by atoms with E-state index in [2.05, 4.69) is 20.8 Å². The van der Waals surface area contributed by atoms with Crippen LogP contribution in [0.25, 0.3) is 0 Å². The Labute approximate surface area is 259 Å². The third-order valence-corrected chi connectivity index (χ3v) is 7.86. The summed E-state index contributed by atoms with van der Waals surface area (Å²) in [6, 6.07) is 0. The fraction of sp³-hybridized carbons (Fsp3) is 0.917. The second-order valence-corrected chi connectivity index (χ2v) is 12.2. The van der Waals surface area contributed by atoms with Crippen LogP contribution in [0.15, 0.2) is 0 Å². The maximum atomic E-state index is 12.4. The normalized spacial score (nSPS) is 11.8. The van der Waals surface area contributed by atoms with Gasteiger partial charge in [0.15, 0.2) is 6.10 Å². The average Bonchev–Trinajstić information content (AvgIpc) is 2.98. The molecule has 0 aromatic heterocycles. The molecule has 0 saturated heterocycles. The highest BCUT2D eigenvalue weighted by atomic mass is 16.6. The molecule has 0 bridgehead atoms. The molecular weight excluding hydrogens is 528 g/mol. The van der Waals surface area contributed by atoms with Gasteiger partial charge < -0.3 is 14.2 Å². The topological polar surface area (TPSA) is 78.9 Å². The predicted molar refractivity (Wildman–Crippen MR) is 173 cm³/mol. The van der Waals surface area contributed by atoms with Crippen LogP contribution >= 0.6 is 0 Å². The summed E-state index contributed by atoms with van der Waals surface area (Å²) in [6.45, 7) is 6.49. The Morgan fingerprint density at radius 3 is 0.952 bits per heavy atom. The Balaban J connectivity index is 4.24. The summed E-state index contributed by atoms with van der Waals surface area (Å²) in [5.41, 5.74) is 0. The lowest BCUT2D eigenvalue weighted by Crippen LogP contribution is -2.30. The largest absolute Gasteiger partial charge is 0.462 e. The molecule has 0 fully saturated rings. The van der Waals surface area contributed by atoms with E-state index in [9.17, 15) is 14.4 Å².